The number of nitrogens with one attached hydrogen (secondary N) is 1. The maximum Gasteiger partial charge on any atom is 0.221 e. The second kappa shape index (κ2) is 8.45. The summed E-state index contributed by atoms with van der Waals surface area (Å²) in [6.45, 7) is 0.501. The van der Waals surface area contributed by atoms with Crippen molar-refractivity contribution in [1.29, 1.82) is 10.5 Å². The third-order valence-corrected chi connectivity index (χ3v) is 4.83. The highest BCUT2D eigenvalue weighted by Gasteiger charge is 2.35. The highest BCUT2D eigenvalue weighted by Crippen LogP contribution is 2.27. The maximum absolute atomic E-state index is 11.9. The van der Waals surface area contributed by atoms with Crippen LogP contribution in [0.3, 0.4) is 0 Å². The lowest BCUT2D eigenvalue weighted by atomic mass is 10.0. The van der Waals surface area contributed by atoms with Gasteiger partial charge in [0, 0.05) is 12.2 Å². The molecule has 1 saturated heterocycles. The maximum atomic E-state index is 11.9. The summed E-state index contributed by atoms with van der Waals surface area (Å²) in [5.74, 6) is 2.19. The first-order valence-electron chi connectivity index (χ1n) is 7.60. The number of unbranched alkanes of at least 4 members (excludes halogenated alkanes) is 1. The van der Waals surface area contributed by atoms with Crippen LogP contribution < -0.4 is 10.1 Å². The predicted molar refractivity (Wildman–Crippen MR) is 88.9 cm³/mol. The van der Waals surface area contributed by atoms with Crippen LogP contribution in [-0.2, 0) is 4.79 Å². The number of ether oxygens (including phenoxy) is 1. The van der Waals surface area contributed by atoms with Crippen molar-refractivity contribution in [3.63, 3.8) is 0 Å². The van der Waals surface area contributed by atoms with Crippen LogP contribution in [0.25, 0.3) is 0 Å². The van der Waals surface area contributed by atoms with Gasteiger partial charge in [-0.1, -0.05) is 6.07 Å². The lowest BCUT2D eigenvalue weighted by molar-refractivity contribution is -0.122. The van der Waals surface area contributed by atoms with Gasteiger partial charge >= 0.3 is 0 Å². The van der Waals surface area contributed by atoms with Gasteiger partial charge in [-0.2, -0.15) is 22.3 Å². The quantitative estimate of drug-likeness (QED) is 0.777. The Bertz CT molecular complexity index is 627. The highest BCUT2D eigenvalue weighted by atomic mass is 32.2. The van der Waals surface area contributed by atoms with Gasteiger partial charge in [0.25, 0.3) is 0 Å². The zero-order valence-electron chi connectivity index (χ0n) is 12.9. The predicted octanol–water partition coefficient (Wildman–Crippen LogP) is 2.62. The lowest BCUT2D eigenvalue weighted by Gasteiger charge is -2.21. The van der Waals surface area contributed by atoms with Crippen molar-refractivity contribution < 1.29 is 9.53 Å². The van der Waals surface area contributed by atoms with Crippen LogP contribution in [0.15, 0.2) is 24.3 Å². The van der Waals surface area contributed by atoms with E-state index in [9.17, 15) is 10.1 Å². The van der Waals surface area contributed by atoms with Gasteiger partial charge in [-0.05, 0) is 43.2 Å². The average Bonchev–Trinajstić information content (AvgIpc) is 3.03. The number of rotatable bonds is 7. The molecule has 2 rings (SSSR count). The molecule has 1 aromatic carbocycles. The van der Waals surface area contributed by atoms with Crippen LogP contribution in [0.1, 0.15) is 31.2 Å². The number of benzene rings is 1. The van der Waals surface area contributed by atoms with Crippen LogP contribution in [0.2, 0.25) is 0 Å². The third kappa shape index (κ3) is 5.19. The Morgan fingerprint density at radius 1 is 1.39 bits per heavy atom. The van der Waals surface area contributed by atoms with Gasteiger partial charge < -0.3 is 10.1 Å². The van der Waals surface area contributed by atoms with Gasteiger partial charge in [0.15, 0.2) is 0 Å². The van der Waals surface area contributed by atoms with Crippen LogP contribution >= 0.6 is 11.8 Å². The molecule has 120 valence electrons. The second-order valence-electron chi connectivity index (χ2n) is 5.49. The van der Waals surface area contributed by atoms with Crippen LogP contribution in [0.4, 0.5) is 0 Å². The Morgan fingerprint density at radius 2 is 2.26 bits per heavy atom. The van der Waals surface area contributed by atoms with E-state index in [0.29, 0.717) is 36.5 Å². The Kier molecular flexibility index (Phi) is 6.31. The number of nitriles is 2. The van der Waals surface area contributed by atoms with Gasteiger partial charge in [0.1, 0.15) is 11.3 Å². The summed E-state index contributed by atoms with van der Waals surface area (Å²) in [7, 11) is 0. The zero-order chi connectivity index (χ0) is 16.5. The molecule has 23 heavy (non-hydrogen) atoms. The van der Waals surface area contributed by atoms with Crippen molar-refractivity contribution in [2.75, 3.05) is 18.1 Å². The minimum Gasteiger partial charge on any atom is -0.494 e. The minimum absolute atomic E-state index is 0.0690. The molecule has 0 bridgehead atoms. The number of hydrogen-bond donors (Lipinski definition) is 1. The molecule has 0 saturated carbocycles. The Balaban J connectivity index is 1.64. The van der Waals surface area contributed by atoms with Gasteiger partial charge in [-0.15, -0.1) is 0 Å². The Hall–Kier alpha value is -2.18. The number of carbonyl (C=O) groups is 1. The van der Waals surface area contributed by atoms with E-state index >= 15 is 0 Å². The van der Waals surface area contributed by atoms with Crippen LogP contribution in [-0.4, -0.2) is 29.6 Å². The fourth-order valence-corrected chi connectivity index (χ4v) is 3.61. The molecular weight excluding hydrogens is 310 g/mol. The van der Waals surface area contributed by atoms with E-state index in [0.717, 1.165) is 18.6 Å². The first-order valence-corrected chi connectivity index (χ1v) is 8.76. The molecule has 6 heteroatoms. The molecule has 0 aromatic heterocycles. The summed E-state index contributed by atoms with van der Waals surface area (Å²) in [4.78, 5) is 11.9. The van der Waals surface area contributed by atoms with E-state index in [2.05, 4.69) is 17.5 Å². The van der Waals surface area contributed by atoms with E-state index in [4.69, 9.17) is 10.00 Å². The molecule has 1 aliphatic rings. The molecular formula is C17H19N3O2S. The minimum atomic E-state index is -0.671. The second-order valence-corrected chi connectivity index (χ2v) is 6.60. The summed E-state index contributed by atoms with van der Waals surface area (Å²) < 4.78 is 5.57. The zero-order valence-corrected chi connectivity index (χ0v) is 13.7. The number of thioether (sulfide) groups is 1. The van der Waals surface area contributed by atoms with Crippen molar-refractivity contribution in [2.24, 2.45) is 0 Å². The summed E-state index contributed by atoms with van der Waals surface area (Å²) in [5, 5.41) is 20.9. The van der Waals surface area contributed by atoms with E-state index in [1.165, 1.54) is 0 Å². The average molecular weight is 329 g/mol. The van der Waals surface area contributed by atoms with Crippen molar-refractivity contribution in [3.8, 4) is 17.9 Å². The molecule has 1 heterocycles. The van der Waals surface area contributed by atoms with E-state index < -0.39 is 5.54 Å². The molecule has 1 aliphatic heterocycles. The van der Waals surface area contributed by atoms with Crippen LogP contribution in [0, 0.1) is 22.7 Å². The summed E-state index contributed by atoms with van der Waals surface area (Å²) in [5.41, 5.74) is -0.103. The van der Waals surface area contributed by atoms with E-state index in [1.54, 1.807) is 30.0 Å². The molecule has 0 aliphatic carbocycles. The summed E-state index contributed by atoms with van der Waals surface area (Å²) in [6.07, 6.45) is 2.57. The molecule has 1 atom stereocenters. The van der Waals surface area contributed by atoms with Crippen molar-refractivity contribution in [1.82, 2.24) is 5.32 Å². The van der Waals surface area contributed by atoms with Gasteiger partial charge in [0.2, 0.25) is 5.91 Å². The highest BCUT2D eigenvalue weighted by molar-refractivity contribution is 7.99. The first-order chi connectivity index (χ1) is 11.2. The molecule has 0 spiro atoms. The molecule has 1 unspecified atom stereocenters. The molecule has 1 aromatic rings. The SMILES string of the molecule is N#Cc1cccc(OCCCCC(=O)NC2(C#N)CCSC2)c1. The summed E-state index contributed by atoms with van der Waals surface area (Å²) >= 11 is 1.70. The van der Waals surface area contributed by atoms with Gasteiger partial charge in [-0.3, -0.25) is 4.79 Å². The third-order valence-electron chi connectivity index (χ3n) is 3.64. The molecule has 5 nitrogen and oxygen atoms in total. The number of nitrogens with zero attached hydrogens (tertiary/aromatic N) is 2. The number of carbonyl (C=O) groups excluding carboxylic acids is 1. The topological polar surface area (TPSA) is 85.9 Å². The van der Waals surface area contributed by atoms with Gasteiger partial charge in [0.05, 0.1) is 24.3 Å². The fourth-order valence-electron chi connectivity index (χ4n) is 2.34. The van der Waals surface area contributed by atoms with Crippen molar-refractivity contribution in [3.05, 3.63) is 29.8 Å². The summed E-state index contributed by atoms with van der Waals surface area (Å²) in [6, 6.07) is 11.3. The molecule has 1 N–H and O–H groups in total. The normalized spacial score (nSPS) is 19.6. The molecule has 1 amide bonds. The number of hydrogen-bond acceptors (Lipinski definition) is 5. The first kappa shape index (κ1) is 17.2. The smallest absolute Gasteiger partial charge is 0.221 e. The largest absolute Gasteiger partial charge is 0.494 e. The lowest BCUT2D eigenvalue weighted by Crippen LogP contribution is -2.47. The standard InChI is InChI=1S/C17H19N3O2S/c18-11-14-4-3-5-15(10-14)22-8-2-1-6-16(21)20-17(12-19)7-9-23-13-17/h3-5,10H,1-2,6-9,13H2,(H,20,21). The molecule has 0 radical (unpaired) electrons. The Morgan fingerprint density at radius 3 is 2.96 bits per heavy atom. The Labute approximate surface area is 140 Å². The van der Waals surface area contributed by atoms with Crippen molar-refractivity contribution in [2.45, 2.75) is 31.2 Å². The van der Waals surface area contributed by atoms with Crippen molar-refractivity contribution >= 4 is 17.7 Å². The fraction of sp³-hybridized carbons (Fsp3) is 0.471. The molecule has 1 fully saturated rings. The monoisotopic (exact) mass is 329 g/mol. The number of amides is 1. The van der Waals surface area contributed by atoms with Crippen LogP contribution in [0.5, 0.6) is 5.75 Å². The van der Waals surface area contributed by atoms with E-state index in [-0.39, 0.29) is 5.91 Å². The van der Waals surface area contributed by atoms with Gasteiger partial charge in [-0.25, -0.2) is 0 Å². The van der Waals surface area contributed by atoms with E-state index in [1.807, 2.05) is 6.07 Å².